The Morgan fingerprint density at radius 1 is 1.07 bits per heavy atom. The van der Waals surface area contributed by atoms with Gasteiger partial charge in [-0.15, -0.1) is 0 Å². The number of aromatic nitrogens is 2. The molecule has 1 saturated carbocycles. The molecule has 5 heteroatoms. The van der Waals surface area contributed by atoms with Crippen LogP contribution in [0.15, 0.2) is 36.7 Å². The van der Waals surface area contributed by atoms with Gasteiger partial charge in [0.15, 0.2) is 0 Å². The highest BCUT2D eigenvalue weighted by molar-refractivity contribution is 5.78. The molecule has 1 radical (unpaired) electrons. The first kappa shape index (κ1) is 21.0. The molecule has 30 heavy (non-hydrogen) atoms. The number of benzene rings is 1. The van der Waals surface area contributed by atoms with Crippen molar-refractivity contribution in [1.82, 2.24) is 19.8 Å². The van der Waals surface area contributed by atoms with Crippen molar-refractivity contribution < 1.29 is 4.79 Å². The van der Waals surface area contributed by atoms with Crippen LogP contribution in [0, 0.1) is 12.0 Å². The number of nitrogens with zero attached hydrogens (tertiary/aromatic N) is 4. The van der Waals surface area contributed by atoms with Crippen LogP contribution >= 0.6 is 0 Å². The molecule has 2 aliphatic rings. The third-order valence-corrected chi connectivity index (χ3v) is 6.66. The molecular formula is C25H33N4O. The van der Waals surface area contributed by atoms with E-state index in [4.69, 9.17) is 4.98 Å². The largest absolute Gasteiger partial charge is 0.342 e. The van der Waals surface area contributed by atoms with Crippen molar-refractivity contribution in [3.8, 4) is 11.3 Å². The highest BCUT2D eigenvalue weighted by Gasteiger charge is 2.36. The van der Waals surface area contributed by atoms with Gasteiger partial charge in [0, 0.05) is 43.2 Å². The molecule has 4 rings (SSSR count). The van der Waals surface area contributed by atoms with Gasteiger partial charge in [0.05, 0.1) is 23.8 Å². The van der Waals surface area contributed by atoms with Crippen molar-refractivity contribution in [3.05, 3.63) is 48.4 Å². The first-order chi connectivity index (χ1) is 14.7. The lowest BCUT2D eigenvalue weighted by atomic mass is 9.97. The second-order valence-electron chi connectivity index (χ2n) is 8.66. The molecule has 0 unspecified atom stereocenters. The predicted octanol–water partition coefficient (Wildman–Crippen LogP) is 4.34. The molecule has 2 heterocycles. The molecule has 2 aromatic rings. The van der Waals surface area contributed by atoms with Crippen LogP contribution in [0.4, 0.5) is 0 Å². The average Bonchev–Trinajstić information content (AvgIpc) is 3.65. The van der Waals surface area contributed by atoms with Crippen LogP contribution in [0.2, 0.25) is 0 Å². The van der Waals surface area contributed by atoms with Crippen LogP contribution in [0.1, 0.15) is 58.1 Å². The van der Waals surface area contributed by atoms with Gasteiger partial charge in [0.2, 0.25) is 5.91 Å². The minimum absolute atomic E-state index is 0.192. The summed E-state index contributed by atoms with van der Waals surface area (Å²) < 4.78 is 0. The summed E-state index contributed by atoms with van der Waals surface area (Å²) in [5.41, 5.74) is 3.00. The molecule has 0 atom stereocenters. The molecular weight excluding hydrogens is 372 g/mol. The Bertz CT molecular complexity index is 807. The molecule has 1 saturated heterocycles. The van der Waals surface area contributed by atoms with E-state index in [0.29, 0.717) is 18.0 Å². The van der Waals surface area contributed by atoms with Crippen LogP contribution in [0.3, 0.4) is 0 Å². The summed E-state index contributed by atoms with van der Waals surface area (Å²) in [7, 11) is 0. The van der Waals surface area contributed by atoms with E-state index in [1.165, 1.54) is 12.8 Å². The maximum absolute atomic E-state index is 12.7. The van der Waals surface area contributed by atoms with Gasteiger partial charge < -0.3 is 4.90 Å². The van der Waals surface area contributed by atoms with Crippen LogP contribution < -0.4 is 0 Å². The highest BCUT2D eigenvalue weighted by Crippen LogP contribution is 2.33. The van der Waals surface area contributed by atoms with E-state index >= 15 is 0 Å². The number of rotatable bonds is 8. The Balaban J connectivity index is 1.37. The van der Waals surface area contributed by atoms with E-state index in [1.807, 2.05) is 36.7 Å². The molecule has 0 N–H and O–H groups in total. The van der Waals surface area contributed by atoms with Crippen molar-refractivity contribution in [2.24, 2.45) is 5.92 Å². The molecule has 1 aromatic carbocycles. The van der Waals surface area contributed by atoms with Crippen molar-refractivity contribution in [3.63, 3.8) is 0 Å². The van der Waals surface area contributed by atoms with Crippen molar-refractivity contribution in [2.75, 3.05) is 13.1 Å². The van der Waals surface area contributed by atoms with E-state index < -0.39 is 0 Å². The second-order valence-corrected chi connectivity index (χ2v) is 8.66. The van der Waals surface area contributed by atoms with Crippen molar-refractivity contribution in [1.29, 1.82) is 0 Å². The van der Waals surface area contributed by atoms with Gasteiger partial charge in [0.1, 0.15) is 0 Å². The summed E-state index contributed by atoms with van der Waals surface area (Å²) >= 11 is 0. The second kappa shape index (κ2) is 9.69. The fourth-order valence-electron chi connectivity index (χ4n) is 4.61. The maximum atomic E-state index is 12.7. The van der Waals surface area contributed by atoms with Gasteiger partial charge in [-0.05, 0) is 44.6 Å². The number of likely N-dealkylation sites (tertiary alicyclic amines) is 1. The lowest BCUT2D eigenvalue weighted by molar-refractivity contribution is -0.137. The molecule has 1 aliphatic heterocycles. The zero-order chi connectivity index (χ0) is 20.9. The molecule has 2 fully saturated rings. The topological polar surface area (TPSA) is 49.3 Å². The quantitative estimate of drug-likeness (QED) is 0.656. The SMILES string of the molecule is CCC(CC)C(=O)N1CCC(N(Cc2cnc(-c3cc[c]cc3)cn2)C2CC2)CC1. The Kier molecular flexibility index (Phi) is 6.78. The molecule has 1 aliphatic carbocycles. The Morgan fingerprint density at radius 3 is 2.30 bits per heavy atom. The zero-order valence-electron chi connectivity index (χ0n) is 18.3. The summed E-state index contributed by atoms with van der Waals surface area (Å²) in [6.45, 7) is 6.87. The van der Waals surface area contributed by atoms with Crippen molar-refractivity contribution >= 4 is 5.91 Å². The summed E-state index contributed by atoms with van der Waals surface area (Å²) in [6.07, 6.45) is 10.4. The van der Waals surface area contributed by atoms with E-state index in [1.54, 1.807) is 0 Å². The number of hydrogen-bond donors (Lipinski definition) is 0. The van der Waals surface area contributed by atoms with Gasteiger partial charge >= 0.3 is 0 Å². The monoisotopic (exact) mass is 405 g/mol. The standard InChI is InChI=1S/C25H33N4O/c1-3-19(4-2)25(30)28-14-12-23(13-15-28)29(22-10-11-22)18-21-16-27-24(17-26-21)20-8-6-5-7-9-20/h6-9,16-17,19,22-23H,3-4,10-15,18H2,1-2H3. The number of carbonyl (C=O) groups is 1. The third kappa shape index (κ3) is 4.89. The van der Waals surface area contributed by atoms with Gasteiger partial charge in [-0.25, -0.2) is 0 Å². The maximum Gasteiger partial charge on any atom is 0.225 e. The van der Waals surface area contributed by atoms with E-state index in [2.05, 4.69) is 34.7 Å². The Hall–Kier alpha value is -2.27. The van der Waals surface area contributed by atoms with Crippen LogP contribution in [-0.4, -0.2) is 50.8 Å². The number of amides is 1. The first-order valence-electron chi connectivity index (χ1n) is 11.5. The van der Waals surface area contributed by atoms with Crippen LogP contribution in [0.25, 0.3) is 11.3 Å². The highest BCUT2D eigenvalue weighted by atomic mass is 16.2. The number of carbonyl (C=O) groups excluding carboxylic acids is 1. The fraction of sp³-hybridized carbons (Fsp3) is 0.560. The molecule has 0 bridgehead atoms. The van der Waals surface area contributed by atoms with Gasteiger partial charge in [-0.3, -0.25) is 19.7 Å². The molecule has 0 spiro atoms. The predicted molar refractivity (Wildman–Crippen MR) is 119 cm³/mol. The molecule has 1 amide bonds. The molecule has 1 aromatic heterocycles. The Labute approximate surface area is 180 Å². The zero-order valence-corrected chi connectivity index (χ0v) is 18.3. The lowest BCUT2D eigenvalue weighted by Crippen LogP contribution is -2.48. The molecule has 159 valence electrons. The van der Waals surface area contributed by atoms with E-state index in [-0.39, 0.29) is 5.92 Å². The van der Waals surface area contributed by atoms with Gasteiger partial charge in [0.25, 0.3) is 0 Å². The average molecular weight is 406 g/mol. The lowest BCUT2D eigenvalue weighted by Gasteiger charge is -2.39. The summed E-state index contributed by atoms with van der Waals surface area (Å²) in [5.74, 6) is 0.550. The van der Waals surface area contributed by atoms with Crippen LogP contribution in [-0.2, 0) is 11.3 Å². The minimum Gasteiger partial charge on any atom is -0.342 e. The van der Waals surface area contributed by atoms with Gasteiger partial charge in [-0.1, -0.05) is 38.1 Å². The summed E-state index contributed by atoms with van der Waals surface area (Å²) in [4.78, 5) is 26.8. The van der Waals surface area contributed by atoms with Crippen molar-refractivity contribution in [2.45, 2.75) is 71.0 Å². The van der Waals surface area contributed by atoms with E-state index in [0.717, 1.165) is 62.3 Å². The third-order valence-electron chi connectivity index (χ3n) is 6.66. The summed E-state index contributed by atoms with van der Waals surface area (Å²) in [6, 6.07) is 12.1. The van der Waals surface area contributed by atoms with Crippen LogP contribution in [0.5, 0.6) is 0 Å². The normalized spacial score (nSPS) is 17.7. The summed E-state index contributed by atoms with van der Waals surface area (Å²) in [5, 5.41) is 0. The van der Waals surface area contributed by atoms with Gasteiger partial charge in [-0.2, -0.15) is 0 Å². The first-order valence-corrected chi connectivity index (χ1v) is 11.5. The minimum atomic E-state index is 0.192. The molecule has 5 nitrogen and oxygen atoms in total. The smallest absolute Gasteiger partial charge is 0.225 e. The Morgan fingerprint density at radius 2 is 1.73 bits per heavy atom. The number of hydrogen-bond acceptors (Lipinski definition) is 4. The fourth-order valence-corrected chi connectivity index (χ4v) is 4.61. The van der Waals surface area contributed by atoms with E-state index in [9.17, 15) is 4.79 Å². The number of piperidine rings is 1.